The van der Waals surface area contributed by atoms with Crippen LogP contribution in [0.2, 0.25) is 0 Å². The maximum atomic E-state index is 13.4. The van der Waals surface area contributed by atoms with Crippen molar-refractivity contribution in [2.45, 2.75) is 44.7 Å². The molecule has 1 aromatic carbocycles. The minimum atomic E-state index is -0.177. The summed E-state index contributed by atoms with van der Waals surface area (Å²) >= 11 is 1.73. The topological polar surface area (TPSA) is 71.1 Å². The number of nitrogens with zero attached hydrogens (tertiary/aromatic N) is 2. The van der Waals surface area contributed by atoms with E-state index in [-0.39, 0.29) is 30.6 Å². The number of amides is 3. The first-order valence-corrected chi connectivity index (χ1v) is 12.2. The lowest BCUT2D eigenvalue weighted by Crippen LogP contribution is -2.50. The van der Waals surface area contributed by atoms with E-state index in [1.807, 2.05) is 36.1 Å². The minimum Gasteiger partial charge on any atom is -0.497 e. The van der Waals surface area contributed by atoms with Crippen molar-refractivity contribution >= 4 is 23.3 Å². The Kier molecular flexibility index (Phi) is 7.19. The van der Waals surface area contributed by atoms with Crippen LogP contribution in [-0.2, 0) is 11.2 Å². The number of benzene rings is 1. The highest BCUT2D eigenvalue weighted by molar-refractivity contribution is 7.10. The van der Waals surface area contributed by atoms with Gasteiger partial charge >= 0.3 is 6.03 Å². The Morgan fingerprint density at radius 2 is 2.06 bits per heavy atom. The number of urea groups is 1. The van der Waals surface area contributed by atoms with Gasteiger partial charge in [-0.1, -0.05) is 13.0 Å². The number of hydrogen-bond donors (Lipinski definition) is 1. The van der Waals surface area contributed by atoms with Crippen molar-refractivity contribution < 1.29 is 19.1 Å². The summed E-state index contributed by atoms with van der Waals surface area (Å²) in [5.74, 6) is 1.41. The van der Waals surface area contributed by atoms with Crippen molar-refractivity contribution in [1.82, 2.24) is 15.1 Å². The minimum absolute atomic E-state index is 0.0281. The first-order chi connectivity index (χ1) is 15.6. The van der Waals surface area contributed by atoms with Gasteiger partial charge in [0.2, 0.25) is 5.91 Å². The van der Waals surface area contributed by atoms with Gasteiger partial charge in [-0.2, -0.15) is 0 Å². The summed E-state index contributed by atoms with van der Waals surface area (Å²) in [6.07, 6.45) is 3.63. The van der Waals surface area contributed by atoms with Crippen LogP contribution in [0, 0.1) is 0 Å². The maximum absolute atomic E-state index is 13.4. The van der Waals surface area contributed by atoms with Crippen molar-refractivity contribution in [3.05, 3.63) is 46.2 Å². The number of carbonyl (C=O) groups is 2. The molecule has 2 aliphatic rings. The van der Waals surface area contributed by atoms with Gasteiger partial charge in [-0.3, -0.25) is 4.79 Å². The Morgan fingerprint density at radius 3 is 2.81 bits per heavy atom. The van der Waals surface area contributed by atoms with Gasteiger partial charge in [-0.05, 0) is 54.8 Å². The second-order valence-electron chi connectivity index (χ2n) is 8.23. The zero-order valence-electron chi connectivity index (χ0n) is 18.7. The Labute approximate surface area is 193 Å². The number of methoxy groups -OCH3 is 1. The lowest BCUT2D eigenvalue weighted by atomic mass is 10.0. The molecule has 1 aliphatic heterocycles. The van der Waals surface area contributed by atoms with Gasteiger partial charge < -0.3 is 24.6 Å². The molecule has 2 heterocycles. The van der Waals surface area contributed by atoms with Gasteiger partial charge in [0.1, 0.15) is 24.7 Å². The van der Waals surface area contributed by atoms with Crippen LogP contribution < -0.4 is 14.8 Å². The van der Waals surface area contributed by atoms with Crippen molar-refractivity contribution in [3.8, 4) is 11.5 Å². The maximum Gasteiger partial charge on any atom is 0.318 e. The quantitative estimate of drug-likeness (QED) is 0.621. The monoisotopic (exact) mass is 457 g/mol. The van der Waals surface area contributed by atoms with Crippen LogP contribution in [0.15, 0.2) is 35.7 Å². The molecular formula is C24H31N3O4S. The van der Waals surface area contributed by atoms with Crippen LogP contribution in [0.3, 0.4) is 0 Å². The Balaban J connectivity index is 1.48. The Hall–Kier alpha value is -2.74. The van der Waals surface area contributed by atoms with Gasteiger partial charge in [0.05, 0.1) is 13.2 Å². The summed E-state index contributed by atoms with van der Waals surface area (Å²) in [7, 11) is 1.63. The van der Waals surface area contributed by atoms with Crippen LogP contribution in [0.5, 0.6) is 11.5 Å². The van der Waals surface area contributed by atoms with Crippen LogP contribution in [-0.4, -0.2) is 61.1 Å². The lowest BCUT2D eigenvalue weighted by molar-refractivity contribution is -0.135. The molecule has 7 nitrogen and oxygen atoms in total. The molecule has 1 fully saturated rings. The molecule has 3 amide bonds. The fourth-order valence-corrected chi connectivity index (χ4v) is 4.99. The molecule has 1 aromatic heterocycles. The summed E-state index contributed by atoms with van der Waals surface area (Å²) in [4.78, 5) is 30.9. The lowest BCUT2D eigenvalue weighted by Gasteiger charge is -2.37. The van der Waals surface area contributed by atoms with Gasteiger partial charge in [0.15, 0.2) is 0 Å². The molecule has 1 aliphatic carbocycles. The van der Waals surface area contributed by atoms with E-state index in [0.717, 1.165) is 37.0 Å². The molecule has 1 saturated carbocycles. The number of fused-ring (bicyclic) bond motifs is 1. The summed E-state index contributed by atoms with van der Waals surface area (Å²) < 4.78 is 11.4. The Bertz CT molecular complexity index is 943. The van der Waals surface area contributed by atoms with E-state index in [1.165, 1.54) is 4.88 Å². The van der Waals surface area contributed by atoms with Crippen LogP contribution in [0.1, 0.15) is 42.7 Å². The standard InChI is InChI=1S/C24H31N3O4S/c1-3-11-25-24(29)27(17-7-8-17)15-23(28)26-12-9-22-20(10-13-32-22)21(26)16-31-19-6-4-5-18(14-19)30-2/h4-6,10,13-14,17,21H,3,7-9,11-12,15-16H2,1-2H3,(H,25,29). The van der Waals surface area contributed by atoms with Gasteiger partial charge in [0, 0.05) is 30.1 Å². The van der Waals surface area contributed by atoms with Crippen molar-refractivity contribution in [3.63, 3.8) is 0 Å². The third-order valence-electron chi connectivity index (χ3n) is 5.94. The SMILES string of the molecule is CCCNC(=O)N(CC(=O)N1CCc2sccc2C1COc1cccc(OC)c1)C1CC1. The number of rotatable bonds is 9. The average molecular weight is 458 g/mol. The van der Waals surface area contributed by atoms with Crippen molar-refractivity contribution in [2.24, 2.45) is 0 Å². The summed E-state index contributed by atoms with van der Waals surface area (Å²) in [6, 6.07) is 9.43. The number of ether oxygens (including phenoxy) is 2. The van der Waals surface area contributed by atoms with E-state index in [2.05, 4.69) is 16.8 Å². The van der Waals surface area contributed by atoms with Crippen LogP contribution in [0.4, 0.5) is 4.79 Å². The number of carbonyl (C=O) groups excluding carboxylic acids is 2. The third kappa shape index (κ3) is 5.18. The fourth-order valence-electron chi connectivity index (χ4n) is 4.06. The summed E-state index contributed by atoms with van der Waals surface area (Å²) in [5.41, 5.74) is 1.14. The molecule has 1 atom stereocenters. The molecule has 0 bridgehead atoms. The third-order valence-corrected chi connectivity index (χ3v) is 6.94. The van der Waals surface area contributed by atoms with E-state index in [0.29, 0.717) is 25.4 Å². The highest BCUT2D eigenvalue weighted by Gasteiger charge is 2.37. The summed E-state index contributed by atoms with van der Waals surface area (Å²) in [5, 5.41) is 5.00. The molecule has 0 saturated heterocycles. The molecular weight excluding hydrogens is 426 g/mol. The van der Waals surface area contributed by atoms with E-state index in [9.17, 15) is 9.59 Å². The molecule has 0 spiro atoms. The first-order valence-electron chi connectivity index (χ1n) is 11.3. The zero-order valence-corrected chi connectivity index (χ0v) is 19.5. The van der Waals surface area contributed by atoms with Crippen LogP contribution >= 0.6 is 11.3 Å². The number of nitrogens with one attached hydrogen (secondary N) is 1. The average Bonchev–Trinajstić information content (AvgIpc) is 3.54. The summed E-state index contributed by atoms with van der Waals surface area (Å²) in [6.45, 7) is 3.73. The second-order valence-corrected chi connectivity index (χ2v) is 9.23. The first kappa shape index (κ1) is 22.5. The van der Waals surface area contributed by atoms with Crippen molar-refractivity contribution in [1.29, 1.82) is 0 Å². The van der Waals surface area contributed by atoms with Crippen molar-refractivity contribution in [2.75, 3.05) is 33.4 Å². The molecule has 2 aromatic rings. The Morgan fingerprint density at radius 1 is 1.25 bits per heavy atom. The van der Waals surface area contributed by atoms with E-state index in [1.54, 1.807) is 23.3 Å². The predicted octanol–water partition coefficient (Wildman–Crippen LogP) is 3.85. The largest absolute Gasteiger partial charge is 0.497 e. The van der Waals surface area contributed by atoms with Gasteiger partial charge in [0.25, 0.3) is 0 Å². The number of hydrogen-bond acceptors (Lipinski definition) is 5. The van der Waals surface area contributed by atoms with Gasteiger partial charge in [-0.15, -0.1) is 11.3 Å². The molecule has 0 radical (unpaired) electrons. The van der Waals surface area contributed by atoms with Gasteiger partial charge in [-0.25, -0.2) is 4.79 Å². The van der Waals surface area contributed by atoms with Crippen LogP contribution in [0.25, 0.3) is 0 Å². The molecule has 32 heavy (non-hydrogen) atoms. The molecule has 1 N–H and O–H groups in total. The highest BCUT2D eigenvalue weighted by Crippen LogP contribution is 2.35. The van der Waals surface area contributed by atoms with E-state index < -0.39 is 0 Å². The van der Waals surface area contributed by atoms with E-state index >= 15 is 0 Å². The van der Waals surface area contributed by atoms with E-state index in [4.69, 9.17) is 9.47 Å². The molecule has 1 unspecified atom stereocenters. The molecule has 172 valence electrons. The normalized spacial score (nSPS) is 17.4. The highest BCUT2D eigenvalue weighted by atomic mass is 32.1. The second kappa shape index (κ2) is 10.3. The zero-order chi connectivity index (χ0) is 22.5. The fraction of sp³-hybridized carbons (Fsp3) is 0.500. The predicted molar refractivity (Wildman–Crippen MR) is 124 cm³/mol. The molecule has 4 rings (SSSR count). The smallest absolute Gasteiger partial charge is 0.318 e. The molecule has 8 heteroatoms. The number of thiophene rings is 1.